The molecule has 0 spiro atoms. The Morgan fingerprint density at radius 3 is 2.12 bits per heavy atom. The van der Waals surface area contributed by atoms with Crippen molar-refractivity contribution in [3.63, 3.8) is 0 Å². The molecule has 0 saturated heterocycles. The van der Waals surface area contributed by atoms with Gasteiger partial charge in [-0.2, -0.15) is 0 Å². The van der Waals surface area contributed by atoms with Crippen LogP contribution < -0.4 is 0 Å². The molecule has 0 bridgehead atoms. The summed E-state index contributed by atoms with van der Waals surface area (Å²) in [6.07, 6.45) is 2.09. The summed E-state index contributed by atoms with van der Waals surface area (Å²) in [5, 5.41) is 0. The van der Waals surface area contributed by atoms with Crippen LogP contribution in [0.25, 0.3) is 0 Å². The first kappa shape index (κ1) is 18.0. The Hall–Kier alpha value is -1.39. The minimum absolute atomic E-state index is 0.0370. The molecule has 0 saturated carbocycles. The van der Waals surface area contributed by atoms with Crippen LogP contribution in [-0.2, 0) is 9.47 Å². The maximum atomic E-state index is 9.77. The second-order valence-electron chi connectivity index (χ2n) is 2.61. The van der Waals surface area contributed by atoms with Gasteiger partial charge in [0.15, 0.2) is 18.3 Å². The van der Waals surface area contributed by atoms with Crippen molar-refractivity contribution in [2.45, 2.75) is 27.1 Å². The summed E-state index contributed by atoms with van der Waals surface area (Å²) in [4.78, 5) is 9.77. The lowest BCUT2D eigenvalue weighted by molar-refractivity contribution is -0.123. The lowest BCUT2D eigenvalue weighted by atomic mass is 10.5. The molecule has 1 aromatic heterocycles. The fraction of sp³-hybridized carbons (Fsp3) is 0.462. The molecule has 0 fully saturated rings. The fourth-order valence-corrected chi connectivity index (χ4v) is 0.876. The van der Waals surface area contributed by atoms with E-state index in [4.69, 9.17) is 9.47 Å². The van der Waals surface area contributed by atoms with Gasteiger partial charge in [-0.15, -0.1) is 13.2 Å². The molecule has 0 aliphatic rings. The molecule has 1 rings (SSSR count). The fourth-order valence-electron chi connectivity index (χ4n) is 0.876. The van der Waals surface area contributed by atoms with E-state index in [0.29, 0.717) is 12.0 Å². The van der Waals surface area contributed by atoms with E-state index in [9.17, 15) is 4.79 Å². The van der Waals surface area contributed by atoms with Crippen molar-refractivity contribution in [3.8, 4) is 0 Å². The molecule has 98 valence electrons. The van der Waals surface area contributed by atoms with Crippen LogP contribution in [0.5, 0.6) is 0 Å². The first-order valence-corrected chi connectivity index (χ1v) is 5.46. The van der Waals surface area contributed by atoms with Crippen molar-refractivity contribution in [1.82, 2.24) is 0 Å². The molecular formula is C13H22O4. The van der Waals surface area contributed by atoms with Gasteiger partial charge in [0, 0.05) is 13.2 Å². The summed E-state index contributed by atoms with van der Waals surface area (Å²) in [6.45, 7) is 13.3. The quantitative estimate of drug-likeness (QED) is 0.451. The molecule has 4 nitrogen and oxygen atoms in total. The summed E-state index contributed by atoms with van der Waals surface area (Å²) in [5.74, 6) is 0.375. The molecule has 0 radical (unpaired) electrons. The van der Waals surface area contributed by atoms with Crippen LogP contribution in [0.2, 0.25) is 0 Å². The van der Waals surface area contributed by atoms with Crippen molar-refractivity contribution < 1.29 is 18.7 Å². The van der Waals surface area contributed by atoms with E-state index in [2.05, 4.69) is 17.6 Å². The monoisotopic (exact) mass is 242 g/mol. The van der Waals surface area contributed by atoms with E-state index < -0.39 is 0 Å². The highest BCUT2D eigenvalue weighted by Crippen LogP contribution is 1.92. The Bertz CT molecular complexity index is 238. The van der Waals surface area contributed by atoms with E-state index in [1.54, 1.807) is 12.1 Å². The smallest absolute Gasteiger partial charge is 0.185 e. The Balaban J connectivity index is 0. The first-order chi connectivity index (χ1) is 8.24. The van der Waals surface area contributed by atoms with E-state index in [1.165, 1.54) is 6.26 Å². The van der Waals surface area contributed by atoms with E-state index in [-0.39, 0.29) is 6.29 Å². The van der Waals surface area contributed by atoms with Crippen molar-refractivity contribution in [3.05, 3.63) is 37.3 Å². The van der Waals surface area contributed by atoms with Crippen LogP contribution in [0.3, 0.4) is 0 Å². The average Bonchev–Trinajstić information content (AvgIpc) is 2.86. The van der Waals surface area contributed by atoms with Gasteiger partial charge in [-0.25, -0.2) is 0 Å². The van der Waals surface area contributed by atoms with Crippen LogP contribution >= 0.6 is 0 Å². The van der Waals surface area contributed by atoms with E-state index >= 15 is 0 Å². The highest BCUT2D eigenvalue weighted by atomic mass is 16.7. The third-order valence-electron chi connectivity index (χ3n) is 1.46. The second kappa shape index (κ2) is 14.6. The zero-order chi connectivity index (χ0) is 13.5. The minimum Gasteiger partial charge on any atom is -0.462 e. The zero-order valence-corrected chi connectivity index (χ0v) is 10.8. The van der Waals surface area contributed by atoms with Gasteiger partial charge in [0.1, 0.15) is 0 Å². The summed E-state index contributed by atoms with van der Waals surface area (Å²) in [5.41, 5.74) is 0. The number of aldehydes is 1. The Kier molecular flexibility index (Phi) is 15.5. The number of carbonyl (C=O) groups excluding carboxylic acids is 1. The maximum Gasteiger partial charge on any atom is 0.185 e. The highest BCUT2D eigenvalue weighted by Gasteiger charge is 1.94. The molecule has 1 heterocycles. The summed E-state index contributed by atoms with van der Waals surface area (Å²) in [6, 6.07) is 3.27. The highest BCUT2D eigenvalue weighted by molar-refractivity contribution is 5.69. The number of hydrogen-bond acceptors (Lipinski definition) is 4. The zero-order valence-electron chi connectivity index (χ0n) is 10.8. The van der Waals surface area contributed by atoms with Gasteiger partial charge in [0.25, 0.3) is 0 Å². The molecule has 17 heavy (non-hydrogen) atoms. The average molecular weight is 242 g/mol. The number of furan rings is 1. The van der Waals surface area contributed by atoms with Gasteiger partial charge in [-0.05, 0) is 32.9 Å². The van der Waals surface area contributed by atoms with Crippen LogP contribution in [0.4, 0.5) is 0 Å². The predicted octanol–water partition coefficient (Wildman–Crippen LogP) is 3.30. The summed E-state index contributed by atoms with van der Waals surface area (Å²) in [7, 11) is 0. The van der Waals surface area contributed by atoms with Crippen LogP contribution in [-0.4, -0.2) is 25.8 Å². The molecule has 0 atom stereocenters. The standard InChI is InChI=1S/C6H14O2.C5H4O2.C2H4/c1-4-7-6(3)8-5-2;6-4-5-2-1-3-7-5;1-2/h6H,4-5H2,1-3H3;1-4H;1-2H2. The molecule has 0 amide bonds. The first-order valence-electron chi connectivity index (χ1n) is 5.46. The van der Waals surface area contributed by atoms with Gasteiger partial charge in [-0.3, -0.25) is 4.79 Å². The molecule has 1 aromatic rings. The molecule has 0 aliphatic heterocycles. The number of hydrogen-bond donors (Lipinski definition) is 0. The van der Waals surface area contributed by atoms with Gasteiger partial charge < -0.3 is 13.9 Å². The topological polar surface area (TPSA) is 48.7 Å². The molecule has 0 aliphatic carbocycles. The lowest BCUT2D eigenvalue weighted by Gasteiger charge is -2.09. The summed E-state index contributed by atoms with van der Waals surface area (Å²) < 4.78 is 14.7. The predicted molar refractivity (Wildman–Crippen MR) is 68.1 cm³/mol. The normalized spacial score (nSPS) is 8.71. The van der Waals surface area contributed by atoms with Gasteiger partial charge in [-0.1, -0.05) is 0 Å². The molecule has 0 N–H and O–H groups in total. The van der Waals surface area contributed by atoms with Crippen molar-refractivity contribution in [2.75, 3.05) is 13.2 Å². The number of carbonyl (C=O) groups is 1. The second-order valence-corrected chi connectivity index (χ2v) is 2.61. The third-order valence-corrected chi connectivity index (χ3v) is 1.46. The van der Waals surface area contributed by atoms with Gasteiger partial charge >= 0.3 is 0 Å². The van der Waals surface area contributed by atoms with Crippen molar-refractivity contribution in [1.29, 1.82) is 0 Å². The summed E-state index contributed by atoms with van der Waals surface area (Å²) >= 11 is 0. The minimum atomic E-state index is -0.0370. The third kappa shape index (κ3) is 12.5. The van der Waals surface area contributed by atoms with Crippen molar-refractivity contribution in [2.24, 2.45) is 0 Å². The van der Waals surface area contributed by atoms with Gasteiger partial charge in [0.2, 0.25) is 0 Å². The van der Waals surface area contributed by atoms with Crippen molar-refractivity contribution >= 4 is 6.29 Å². The van der Waals surface area contributed by atoms with Crippen LogP contribution in [0.1, 0.15) is 31.3 Å². The largest absolute Gasteiger partial charge is 0.462 e. The molecule has 4 heteroatoms. The Labute approximate surface area is 103 Å². The maximum absolute atomic E-state index is 9.77. The molecular weight excluding hydrogens is 220 g/mol. The Morgan fingerprint density at radius 2 is 1.88 bits per heavy atom. The van der Waals surface area contributed by atoms with Gasteiger partial charge in [0.05, 0.1) is 6.26 Å². The SMILES string of the molecule is C=C.CCOC(C)OCC.O=Cc1ccco1. The number of ether oxygens (including phenoxy) is 2. The van der Waals surface area contributed by atoms with E-state index in [0.717, 1.165) is 13.2 Å². The molecule has 0 aromatic carbocycles. The van der Waals surface area contributed by atoms with Crippen LogP contribution in [0.15, 0.2) is 36.0 Å². The molecule has 0 unspecified atom stereocenters. The van der Waals surface area contributed by atoms with E-state index in [1.807, 2.05) is 20.8 Å². The number of rotatable bonds is 5. The Morgan fingerprint density at radius 1 is 1.35 bits per heavy atom. The van der Waals surface area contributed by atoms with Crippen LogP contribution in [0, 0.1) is 0 Å². The lowest BCUT2D eigenvalue weighted by Crippen LogP contribution is -2.11.